The highest BCUT2D eigenvalue weighted by atomic mass is 15.0. The molecule has 9 rings (SSSR count). The maximum Gasteiger partial charge on any atom is 0.0998 e. The van der Waals surface area contributed by atoms with Crippen LogP contribution in [0.3, 0.4) is 0 Å². The molecule has 7 aromatic carbocycles. The van der Waals surface area contributed by atoms with Crippen LogP contribution in [0.25, 0.3) is 77.2 Å². The fourth-order valence-corrected chi connectivity index (χ4v) is 7.49. The number of fused-ring (bicyclic) bond motifs is 6. The summed E-state index contributed by atoms with van der Waals surface area (Å²) in [6, 6.07) is 57.9. The molecule has 0 atom stereocenters. The third-order valence-corrected chi connectivity index (χ3v) is 9.62. The van der Waals surface area contributed by atoms with E-state index in [2.05, 4.69) is 88.0 Å². The molecule has 0 radical (unpaired) electrons. The van der Waals surface area contributed by atoms with Crippen molar-refractivity contribution in [2.24, 2.45) is 0 Å². The van der Waals surface area contributed by atoms with Crippen molar-refractivity contribution in [3.63, 3.8) is 0 Å². The highest BCUT2D eigenvalue weighted by Crippen LogP contribution is 2.41. The lowest BCUT2D eigenvalue weighted by atomic mass is 9.91. The first-order chi connectivity index (χ1) is 24.7. The normalized spacial score (nSPS) is 11.1. The van der Waals surface area contributed by atoms with Gasteiger partial charge in [-0.15, -0.1) is 0 Å². The highest BCUT2D eigenvalue weighted by molar-refractivity contribution is 6.12. The Labute approximate surface area is 287 Å². The molecular formula is C45H25N5. The van der Waals surface area contributed by atoms with E-state index < -0.39 is 0 Å². The molecule has 0 spiro atoms. The van der Waals surface area contributed by atoms with Crippen molar-refractivity contribution in [1.29, 1.82) is 15.8 Å². The number of para-hydroxylation sites is 3. The van der Waals surface area contributed by atoms with Gasteiger partial charge in [0.1, 0.15) is 0 Å². The zero-order valence-electron chi connectivity index (χ0n) is 26.7. The Balaban J connectivity index is 1.29. The third-order valence-electron chi connectivity index (χ3n) is 9.62. The van der Waals surface area contributed by atoms with Gasteiger partial charge in [0, 0.05) is 32.8 Å². The van der Waals surface area contributed by atoms with Crippen molar-refractivity contribution in [3.05, 3.63) is 168 Å². The minimum atomic E-state index is 0.572. The van der Waals surface area contributed by atoms with Crippen LogP contribution < -0.4 is 0 Å². The Kier molecular flexibility index (Phi) is 6.56. The second kappa shape index (κ2) is 11.4. The number of nitriles is 3. The molecule has 0 saturated heterocycles. The molecule has 2 heterocycles. The van der Waals surface area contributed by atoms with E-state index in [1.807, 2.05) is 91.0 Å². The van der Waals surface area contributed by atoms with Gasteiger partial charge in [-0.1, -0.05) is 78.9 Å². The van der Waals surface area contributed by atoms with E-state index in [9.17, 15) is 15.8 Å². The second-order valence-corrected chi connectivity index (χ2v) is 12.3. The summed E-state index contributed by atoms with van der Waals surface area (Å²) in [5, 5.41) is 33.8. The van der Waals surface area contributed by atoms with Crippen molar-refractivity contribution >= 4 is 43.6 Å². The molecule has 0 aliphatic carbocycles. The fourth-order valence-electron chi connectivity index (χ4n) is 7.49. The highest BCUT2D eigenvalue weighted by Gasteiger charge is 2.20. The Hall–Kier alpha value is -7.39. The molecule has 5 heteroatoms. The first kappa shape index (κ1) is 28.8. The third kappa shape index (κ3) is 4.31. The van der Waals surface area contributed by atoms with E-state index in [-0.39, 0.29) is 0 Å². The number of hydrogen-bond donors (Lipinski definition) is 0. The van der Waals surface area contributed by atoms with E-state index in [0.29, 0.717) is 16.7 Å². The van der Waals surface area contributed by atoms with Crippen molar-refractivity contribution in [2.75, 3.05) is 0 Å². The Morgan fingerprint density at radius 2 is 1.06 bits per heavy atom. The predicted octanol–water partition coefficient (Wildman–Crippen LogP) is 10.8. The summed E-state index contributed by atoms with van der Waals surface area (Å²) in [6.45, 7) is 0. The van der Waals surface area contributed by atoms with Gasteiger partial charge in [0.05, 0.1) is 62.7 Å². The maximum atomic E-state index is 10.0. The lowest BCUT2D eigenvalue weighted by Crippen LogP contribution is -1.99. The van der Waals surface area contributed by atoms with Crippen LogP contribution >= 0.6 is 0 Å². The first-order valence-corrected chi connectivity index (χ1v) is 16.3. The molecule has 0 saturated carbocycles. The van der Waals surface area contributed by atoms with Crippen LogP contribution in [0.4, 0.5) is 0 Å². The molecule has 9 aromatic rings. The van der Waals surface area contributed by atoms with E-state index in [1.54, 1.807) is 0 Å². The fraction of sp³-hybridized carbons (Fsp3) is 0. The summed E-state index contributed by atoms with van der Waals surface area (Å²) in [5.41, 5.74) is 11.7. The van der Waals surface area contributed by atoms with E-state index in [1.165, 1.54) is 0 Å². The van der Waals surface area contributed by atoms with Crippen LogP contribution in [0.15, 0.2) is 152 Å². The summed E-state index contributed by atoms with van der Waals surface area (Å²) in [7, 11) is 0. The molecule has 0 N–H and O–H groups in total. The van der Waals surface area contributed by atoms with Crippen molar-refractivity contribution in [3.8, 4) is 51.8 Å². The summed E-state index contributed by atoms with van der Waals surface area (Å²) in [5.74, 6) is 0. The van der Waals surface area contributed by atoms with Crippen LogP contribution in [0.5, 0.6) is 0 Å². The Morgan fingerprint density at radius 3 is 1.88 bits per heavy atom. The molecule has 0 fully saturated rings. The molecule has 0 amide bonds. The summed E-state index contributed by atoms with van der Waals surface area (Å²) in [4.78, 5) is 0. The van der Waals surface area contributed by atoms with Crippen molar-refractivity contribution in [1.82, 2.24) is 9.13 Å². The van der Waals surface area contributed by atoms with Crippen LogP contribution in [0.1, 0.15) is 16.7 Å². The van der Waals surface area contributed by atoms with E-state index in [0.717, 1.165) is 77.2 Å². The van der Waals surface area contributed by atoms with Crippen LogP contribution in [0, 0.1) is 34.0 Å². The second-order valence-electron chi connectivity index (χ2n) is 12.3. The Bertz CT molecular complexity index is 2970. The quantitative estimate of drug-likeness (QED) is 0.193. The van der Waals surface area contributed by atoms with Gasteiger partial charge in [0.2, 0.25) is 0 Å². The average Bonchev–Trinajstić information content (AvgIpc) is 3.70. The standard InChI is InChI=1S/C45H25N5/c46-26-29-19-21-34(35-12-1-4-15-40(35)50-41-16-5-2-13-36(41)39-24-30(27-47)20-22-43(39)50)38(23-29)31-9-7-11-33(25-31)49-42-17-6-3-14-37(42)45-32(28-48)10-8-18-44(45)49/h1-25H. The SMILES string of the molecule is N#Cc1ccc(-c2ccccc2-n2c3ccccc3c3cc(C#N)ccc32)c(-c2cccc(-n3c4ccccc4c4c(C#N)cccc43)c2)c1. The minimum Gasteiger partial charge on any atom is -0.309 e. The molecule has 0 aliphatic heterocycles. The molecule has 2 aromatic heterocycles. The lowest BCUT2D eigenvalue weighted by molar-refractivity contribution is 1.18. The largest absolute Gasteiger partial charge is 0.309 e. The van der Waals surface area contributed by atoms with E-state index >= 15 is 0 Å². The minimum absolute atomic E-state index is 0.572. The molecule has 50 heavy (non-hydrogen) atoms. The van der Waals surface area contributed by atoms with Gasteiger partial charge in [0.25, 0.3) is 0 Å². The molecular weight excluding hydrogens is 611 g/mol. The summed E-state index contributed by atoms with van der Waals surface area (Å²) < 4.78 is 4.48. The van der Waals surface area contributed by atoms with Crippen LogP contribution in [0.2, 0.25) is 0 Å². The van der Waals surface area contributed by atoms with Crippen LogP contribution in [-0.4, -0.2) is 9.13 Å². The number of aromatic nitrogens is 2. The zero-order chi connectivity index (χ0) is 33.8. The predicted molar refractivity (Wildman–Crippen MR) is 200 cm³/mol. The summed E-state index contributed by atoms with van der Waals surface area (Å²) >= 11 is 0. The first-order valence-electron chi connectivity index (χ1n) is 16.3. The molecule has 230 valence electrons. The van der Waals surface area contributed by atoms with Crippen LogP contribution in [-0.2, 0) is 0 Å². The molecule has 0 bridgehead atoms. The van der Waals surface area contributed by atoms with Gasteiger partial charge in [-0.2, -0.15) is 15.8 Å². The number of hydrogen-bond acceptors (Lipinski definition) is 3. The molecule has 5 nitrogen and oxygen atoms in total. The van der Waals surface area contributed by atoms with Gasteiger partial charge in [-0.25, -0.2) is 0 Å². The van der Waals surface area contributed by atoms with Gasteiger partial charge in [-0.05, 0) is 89.5 Å². The summed E-state index contributed by atoms with van der Waals surface area (Å²) in [6.07, 6.45) is 0. The number of nitrogens with zero attached hydrogens (tertiary/aromatic N) is 5. The zero-order valence-corrected chi connectivity index (χ0v) is 26.7. The smallest absolute Gasteiger partial charge is 0.0998 e. The molecule has 0 aliphatic rings. The average molecular weight is 636 g/mol. The van der Waals surface area contributed by atoms with Gasteiger partial charge < -0.3 is 9.13 Å². The molecule has 0 unspecified atom stereocenters. The van der Waals surface area contributed by atoms with Gasteiger partial charge in [0.15, 0.2) is 0 Å². The van der Waals surface area contributed by atoms with Crippen molar-refractivity contribution in [2.45, 2.75) is 0 Å². The van der Waals surface area contributed by atoms with Gasteiger partial charge in [-0.3, -0.25) is 0 Å². The number of benzene rings is 7. The topological polar surface area (TPSA) is 81.2 Å². The Morgan fingerprint density at radius 1 is 0.400 bits per heavy atom. The number of rotatable bonds is 4. The van der Waals surface area contributed by atoms with Crippen molar-refractivity contribution < 1.29 is 0 Å². The van der Waals surface area contributed by atoms with E-state index in [4.69, 9.17) is 0 Å². The lowest BCUT2D eigenvalue weighted by Gasteiger charge is -2.18. The monoisotopic (exact) mass is 635 g/mol. The maximum absolute atomic E-state index is 10.0. The van der Waals surface area contributed by atoms with Gasteiger partial charge >= 0.3 is 0 Å².